The van der Waals surface area contributed by atoms with Crippen LogP contribution in [0.3, 0.4) is 0 Å². The fourth-order valence-electron chi connectivity index (χ4n) is 5.18. The van der Waals surface area contributed by atoms with Gasteiger partial charge in [-0.25, -0.2) is 24.1 Å². The first-order chi connectivity index (χ1) is 20.0. The van der Waals surface area contributed by atoms with Gasteiger partial charge in [0.25, 0.3) is 0 Å². The maximum atomic E-state index is 14.2. The number of pyridine rings is 1. The topological polar surface area (TPSA) is 139 Å². The van der Waals surface area contributed by atoms with Crippen molar-refractivity contribution in [2.45, 2.75) is 51.0 Å². The van der Waals surface area contributed by atoms with Crippen LogP contribution in [0.4, 0.5) is 4.39 Å². The molecule has 0 aliphatic carbocycles. The molecule has 6 rings (SSSR count). The van der Waals surface area contributed by atoms with E-state index in [4.69, 9.17) is 19.7 Å². The van der Waals surface area contributed by atoms with Gasteiger partial charge in [0.05, 0.1) is 30.8 Å². The molecule has 41 heavy (non-hydrogen) atoms. The number of fused-ring (bicyclic) bond motifs is 1. The molecule has 2 aliphatic rings. The van der Waals surface area contributed by atoms with E-state index < -0.39 is 11.8 Å². The number of ether oxygens (including phenoxy) is 2. The zero-order valence-corrected chi connectivity index (χ0v) is 22.2. The minimum absolute atomic E-state index is 0.00214. The summed E-state index contributed by atoms with van der Waals surface area (Å²) in [6.07, 6.45) is 4.38. The molecular formula is C29H28FN7O4. The van der Waals surface area contributed by atoms with Crippen LogP contribution < -0.4 is 4.74 Å². The predicted molar refractivity (Wildman–Crippen MR) is 144 cm³/mol. The fraction of sp³-hybridized carbons (Fsp3) is 0.379. The van der Waals surface area contributed by atoms with E-state index in [1.54, 1.807) is 30.5 Å². The van der Waals surface area contributed by atoms with Gasteiger partial charge in [0.15, 0.2) is 11.3 Å². The molecule has 0 bridgehead atoms. The van der Waals surface area contributed by atoms with Crippen LogP contribution in [0.25, 0.3) is 11.2 Å². The number of aromatic nitrogens is 5. The lowest BCUT2D eigenvalue weighted by molar-refractivity contribution is -0.0593. The Balaban J connectivity index is 1.10. The molecule has 2 saturated heterocycles. The van der Waals surface area contributed by atoms with Gasteiger partial charge in [-0.2, -0.15) is 10.2 Å². The Morgan fingerprint density at radius 1 is 1.15 bits per heavy atom. The molecule has 4 aromatic rings. The summed E-state index contributed by atoms with van der Waals surface area (Å²) in [5.41, 5.74) is 1.84. The van der Waals surface area contributed by atoms with E-state index in [0.29, 0.717) is 41.5 Å². The first-order valence-electron chi connectivity index (χ1n) is 13.5. The van der Waals surface area contributed by atoms with Crippen molar-refractivity contribution in [3.05, 3.63) is 76.9 Å². The van der Waals surface area contributed by atoms with Crippen LogP contribution in [0.2, 0.25) is 0 Å². The van der Waals surface area contributed by atoms with E-state index >= 15 is 0 Å². The standard InChI is InChI=1S/C29H28FN7O4/c30-22-13-18(14-31)1-2-20(22)17-41-26-5-9-32-27(35-26)19-6-10-36(11-7-19)16-25-33-23-3-4-24(29(38)39)34-28(23)37(25)15-21-8-12-40-21/h1-5,9,13,19,21H,6-8,10-12,15-17H2,(H,38,39)/t21-/m0/s1. The Morgan fingerprint density at radius 3 is 2.68 bits per heavy atom. The Bertz CT molecular complexity index is 1620. The summed E-state index contributed by atoms with van der Waals surface area (Å²) in [4.78, 5) is 32.1. The maximum absolute atomic E-state index is 14.2. The molecule has 1 aromatic carbocycles. The summed E-state index contributed by atoms with van der Waals surface area (Å²) in [5, 5.41) is 18.3. The number of nitrogens with zero attached hydrogens (tertiary/aromatic N) is 7. The van der Waals surface area contributed by atoms with Crippen molar-refractivity contribution in [2.75, 3.05) is 19.7 Å². The molecule has 5 heterocycles. The number of halogens is 1. The molecule has 11 nitrogen and oxygen atoms in total. The molecule has 0 saturated carbocycles. The monoisotopic (exact) mass is 557 g/mol. The van der Waals surface area contributed by atoms with Crippen LogP contribution in [-0.2, 0) is 24.4 Å². The van der Waals surface area contributed by atoms with Crippen molar-refractivity contribution in [1.29, 1.82) is 5.26 Å². The van der Waals surface area contributed by atoms with Gasteiger partial charge in [0.2, 0.25) is 5.88 Å². The van der Waals surface area contributed by atoms with Gasteiger partial charge in [-0.1, -0.05) is 6.07 Å². The van der Waals surface area contributed by atoms with Crippen LogP contribution >= 0.6 is 0 Å². The van der Waals surface area contributed by atoms with Gasteiger partial charge in [0.1, 0.15) is 29.6 Å². The lowest BCUT2D eigenvalue weighted by Gasteiger charge is -2.32. The van der Waals surface area contributed by atoms with Crippen LogP contribution in [0.15, 0.2) is 42.6 Å². The average molecular weight is 558 g/mol. The average Bonchev–Trinajstić information content (AvgIpc) is 3.30. The van der Waals surface area contributed by atoms with E-state index in [-0.39, 0.29) is 29.9 Å². The molecule has 0 unspecified atom stereocenters. The number of benzene rings is 1. The van der Waals surface area contributed by atoms with E-state index in [2.05, 4.69) is 19.9 Å². The molecule has 1 atom stereocenters. The lowest BCUT2D eigenvalue weighted by atomic mass is 9.96. The first-order valence-corrected chi connectivity index (χ1v) is 13.5. The minimum Gasteiger partial charge on any atom is -0.477 e. The molecular weight excluding hydrogens is 529 g/mol. The zero-order chi connectivity index (χ0) is 28.3. The van der Waals surface area contributed by atoms with Crippen LogP contribution in [0.5, 0.6) is 5.88 Å². The highest BCUT2D eigenvalue weighted by atomic mass is 19.1. The summed E-state index contributed by atoms with van der Waals surface area (Å²) in [7, 11) is 0. The molecule has 2 fully saturated rings. The number of imidazole rings is 1. The second kappa shape index (κ2) is 11.6. The van der Waals surface area contributed by atoms with Crippen molar-refractivity contribution in [1.82, 2.24) is 29.4 Å². The number of hydrogen-bond donors (Lipinski definition) is 1. The first kappa shape index (κ1) is 26.7. The SMILES string of the molecule is N#Cc1ccc(COc2ccnc(C3CCN(Cc4nc5ccc(C(=O)O)nc5n4C[C@@H]4CCO4)CC3)n2)c(F)c1. The summed E-state index contributed by atoms with van der Waals surface area (Å²) in [6, 6.07) is 11.1. The highest BCUT2D eigenvalue weighted by molar-refractivity contribution is 5.88. The minimum atomic E-state index is -1.07. The lowest BCUT2D eigenvalue weighted by Crippen LogP contribution is -2.35. The van der Waals surface area contributed by atoms with Gasteiger partial charge >= 0.3 is 5.97 Å². The normalized spacial score (nSPS) is 17.7. The van der Waals surface area contributed by atoms with Crippen molar-refractivity contribution in [2.24, 2.45) is 0 Å². The molecule has 3 aromatic heterocycles. The van der Waals surface area contributed by atoms with Gasteiger partial charge in [-0.15, -0.1) is 0 Å². The van der Waals surface area contributed by atoms with Crippen molar-refractivity contribution in [3.63, 3.8) is 0 Å². The number of piperidine rings is 1. The van der Waals surface area contributed by atoms with Gasteiger partial charge in [0, 0.05) is 30.4 Å². The number of likely N-dealkylation sites (tertiary alicyclic amines) is 1. The van der Waals surface area contributed by atoms with Crippen molar-refractivity contribution >= 4 is 17.1 Å². The molecule has 12 heteroatoms. The zero-order valence-electron chi connectivity index (χ0n) is 22.2. The van der Waals surface area contributed by atoms with Crippen LogP contribution in [0, 0.1) is 17.1 Å². The van der Waals surface area contributed by atoms with Crippen LogP contribution in [0.1, 0.15) is 58.4 Å². The van der Waals surface area contributed by atoms with Gasteiger partial charge in [-0.3, -0.25) is 4.90 Å². The highest BCUT2D eigenvalue weighted by Crippen LogP contribution is 2.28. The van der Waals surface area contributed by atoms with E-state index in [1.165, 1.54) is 12.1 Å². The predicted octanol–water partition coefficient (Wildman–Crippen LogP) is 3.68. The second-order valence-electron chi connectivity index (χ2n) is 10.3. The number of carboxylic acid groups (broad SMARTS) is 1. The van der Waals surface area contributed by atoms with Crippen molar-refractivity contribution < 1.29 is 23.8 Å². The number of carboxylic acids is 1. The number of carbonyl (C=O) groups is 1. The third-order valence-electron chi connectivity index (χ3n) is 7.59. The quantitative estimate of drug-likeness (QED) is 0.324. The number of nitriles is 1. The molecule has 0 radical (unpaired) electrons. The molecule has 0 spiro atoms. The Hall–Kier alpha value is -4.47. The Labute approximate surface area is 235 Å². The summed E-state index contributed by atoms with van der Waals surface area (Å²) in [5.74, 6) is 0.511. The van der Waals surface area contributed by atoms with Gasteiger partial charge < -0.3 is 19.1 Å². The molecule has 0 amide bonds. The molecule has 1 N–H and O–H groups in total. The summed E-state index contributed by atoms with van der Waals surface area (Å²) >= 11 is 0. The number of aromatic carboxylic acids is 1. The third-order valence-corrected chi connectivity index (χ3v) is 7.59. The largest absolute Gasteiger partial charge is 0.477 e. The Kier molecular flexibility index (Phi) is 7.54. The third kappa shape index (κ3) is 5.86. The second-order valence-corrected chi connectivity index (χ2v) is 10.3. The van der Waals surface area contributed by atoms with E-state index in [9.17, 15) is 14.3 Å². The van der Waals surface area contributed by atoms with Crippen molar-refractivity contribution in [3.8, 4) is 11.9 Å². The maximum Gasteiger partial charge on any atom is 0.354 e. The van der Waals surface area contributed by atoms with E-state index in [1.807, 2.05) is 10.6 Å². The van der Waals surface area contributed by atoms with Crippen LogP contribution in [-0.4, -0.2) is 66.3 Å². The molecule has 2 aliphatic heterocycles. The Morgan fingerprint density at radius 2 is 1.98 bits per heavy atom. The summed E-state index contributed by atoms with van der Waals surface area (Å²) < 4.78 is 27.6. The van der Waals surface area contributed by atoms with Gasteiger partial charge in [-0.05, 0) is 56.6 Å². The smallest absolute Gasteiger partial charge is 0.354 e. The summed E-state index contributed by atoms with van der Waals surface area (Å²) in [6.45, 7) is 3.56. The fourth-order valence-corrected chi connectivity index (χ4v) is 5.18. The van der Waals surface area contributed by atoms with E-state index in [0.717, 1.165) is 44.8 Å². The highest BCUT2D eigenvalue weighted by Gasteiger charge is 2.27. The molecule has 210 valence electrons. The number of rotatable bonds is 9. The number of hydrogen-bond acceptors (Lipinski definition) is 9.